The minimum Gasteiger partial charge on any atom is -0.480 e. The second kappa shape index (κ2) is 39.5. The summed E-state index contributed by atoms with van der Waals surface area (Å²) in [6.07, 6.45) is 41.6. The molecule has 0 rings (SSSR count). The zero-order chi connectivity index (χ0) is 41.4. The molecule has 0 heterocycles. The van der Waals surface area contributed by atoms with Gasteiger partial charge in [-0.25, -0.2) is 9.36 Å². The number of amides is 1. The van der Waals surface area contributed by atoms with Crippen LogP contribution in [0.3, 0.4) is 0 Å². The van der Waals surface area contributed by atoms with Crippen LogP contribution in [-0.4, -0.2) is 64.9 Å². The van der Waals surface area contributed by atoms with Crippen LogP contribution in [0.15, 0.2) is 36.5 Å². The molecule has 11 nitrogen and oxygen atoms in total. The Morgan fingerprint density at radius 2 is 0.982 bits per heavy atom. The number of carbonyl (C=O) groups excluding carboxylic acids is 2. The third-order valence-corrected chi connectivity index (χ3v) is 10.4. The minimum absolute atomic E-state index is 0.136. The Labute approximate surface area is 340 Å². The van der Waals surface area contributed by atoms with Gasteiger partial charge in [0.25, 0.3) is 0 Å². The molecular formula is C44H80NO10P. The maximum absolute atomic E-state index is 12.3. The number of rotatable bonds is 41. The van der Waals surface area contributed by atoms with E-state index in [1.54, 1.807) is 0 Å². The van der Waals surface area contributed by atoms with Crippen molar-refractivity contribution in [1.82, 2.24) is 5.32 Å². The van der Waals surface area contributed by atoms with Crippen molar-refractivity contribution >= 4 is 25.7 Å². The number of hydrogen-bond donors (Lipinski definition) is 4. The first-order valence-electron chi connectivity index (χ1n) is 22.0. The van der Waals surface area contributed by atoms with Crippen LogP contribution in [-0.2, 0) is 32.7 Å². The summed E-state index contributed by atoms with van der Waals surface area (Å²) >= 11 is 0. The molecule has 0 radical (unpaired) electrons. The molecule has 3 atom stereocenters. The molecule has 3 unspecified atom stereocenters. The molecule has 0 spiro atoms. The molecule has 326 valence electrons. The van der Waals surface area contributed by atoms with Gasteiger partial charge >= 0.3 is 19.8 Å². The number of aliphatic hydroxyl groups is 1. The van der Waals surface area contributed by atoms with Gasteiger partial charge < -0.3 is 25.2 Å². The Bertz CT molecular complexity index is 1100. The van der Waals surface area contributed by atoms with E-state index in [2.05, 4.69) is 55.6 Å². The largest absolute Gasteiger partial charge is 0.480 e. The van der Waals surface area contributed by atoms with Crippen LogP contribution in [0.2, 0.25) is 0 Å². The summed E-state index contributed by atoms with van der Waals surface area (Å²) in [4.78, 5) is 45.9. The summed E-state index contributed by atoms with van der Waals surface area (Å²) < 4.78 is 26.8. The number of allylic oxidation sites excluding steroid dienone is 6. The lowest BCUT2D eigenvalue weighted by Gasteiger charge is -2.18. The number of nitrogens with one attached hydrogen (secondary N) is 1. The molecule has 0 saturated heterocycles. The average molecular weight is 814 g/mol. The summed E-state index contributed by atoms with van der Waals surface area (Å²) in [6, 6.07) is -1.55. The number of carboxylic acids is 1. The van der Waals surface area contributed by atoms with Crippen LogP contribution in [0.5, 0.6) is 0 Å². The van der Waals surface area contributed by atoms with Gasteiger partial charge in [0.1, 0.15) is 12.7 Å². The summed E-state index contributed by atoms with van der Waals surface area (Å²) in [5.41, 5.74) is 0. The maximum Gasteiger partial charge on any atom is 0.472 e. The fraction of sp³-hybridized carbons (Fsp3) is 0.795. The summed E-state index contributed by atoms with van der Waals surface area (Å²) in [5, 5.41) is 21.8. The lowest BCUT2D eigenvalue weighted by molar-refractivity contribution is -0.147. The lowest BCUT2D eigenvalue weighted by Crippen LogP contribution is -2.43. The molecule has 0 aromatic carbocycles. The zero-order valence-electron chi connectivity index (χ0n) is 35.2. The molecule has 56 heavy (non-hydrogen) atoms. The molecule has 0 aliphatic carbocycles. The van der Waals surface area contributed by atoms with Crippen molar-refractivity contribution in [3.8, 4) is 0 Å². The second-order valence-corrected chi connectivity index (χ2v) is 16.3. The average Bonchev–Trinajstić information content (AvgIpc) is 3.17. The second-order valence-electron chi connectivity index (χ2n) is 14.9. The van der Waals surface area contributed by atoms with E-state index in [1.165, 1.54) is 77.0 Å². The van der Waals surface area contributed by atoms with E-state index in [4.69, 9.17) is 13.8 Å². The molecule has 0 aromatic heterocycles. The van der Waals surface area contributed by atoms with Gasteiger partial charge in [-0.05, 0) is 70.6 Å². The van der Waals surface area contributed by atoms with Crippen molar-refractivity contribution in [2.24, 2.45) is 0 Å². The number of aliphatic carboxylic acids is 1. The van der Waals surface area contributed by atoms with Crippen molar-refractivity contribution in [3.63, 3.8) is 0 Å². The van der Waals surface area contributed by atoms with E-state index < -0.39 is 57.6 Å². The van der Waals surface area contributed by atoms with E-state index in [0.717, 1.165) is 77.0 Å². The van der Waals surface area contributed by atoms with Crippen LogP contribution >= 0.6 is 7.82 Å². The first kappa shape index (κ1) is 53.7. The molecule has 1 amide bonds. The van der Waals surface area contributed by atoms with Crippen molar-refractivity contribution in [3.05, 3.63) is 36.5 Å². The highest BCUT2D eigenvalue weighted by atomic mass is 31.2. The van der Waals surface area contributed by atoms with E-state index in [1.807, 2.05) is 0 Å². The first-order valence-corrected chi connectivity index (χ1v) is 23.5. The number of unbranched alkanes of at least 4 members (excludes halogenated alkanes) is 21. The highest BCUT2D eigenvalue weighted by Crippen LogP contribution is 2.43. The number of esters is 1. The van der Waals surface area contributed by atoms with Gasteiger partial charge in [0.05, 0.1) is 13.2 Å². The van der Waals surface area contributed by atoms with E-state index in [0.29, 0.717) is 12.8 Å². The summed E-state index contributed by atoms with van der Waals surface area (Å²) in [7, 11) is -4.76. The number of hydrogen-bond acceptors (Lipinski definition) is 8. The third-order valence-electron chi connectivity index (χ3n) is 9.40. The maximum atomic E-state index is 12.3. The van der Waals surface area contributed by atoms with Gasteiger partial charge in [0, 0.05) is 12.8 Å². The molecule has 0 fully saturated rings. The lowest BCUT2D eigenvalue weighted by atomic mass is 10.1. The Morgan fingerprint density at radius 1 is 0.571 bits per heavy atom. The molecule has 12 heteroatoms. The van der Waals surface area contributed by atoms with Crippen molar-refractivity contribution in [2.75, 3.05) is 19.8 Å². The molecule has 0 aromatic rings. The van der Waals surface area contributed by atoms with Crippen molar-refractivity contribution in [1.29, 1.82) is 0 Å². The fourth-order valence-corrected chi connectivity index (χ4v) is 6.70. The number of phosphoric acid groups is 1. The standard InChI is InChI=1S/C44H80NO10P/c1-3-5-7-9-11-13-15-17-19-20-21-22-23-25-27-29-31-33-35-42(47)45-41(44(49)50)39-55-56(51,52)54-38-40(46)37-53-43(48)36-34-32-30-28-26-24-18-16-14-12-10-8-6-4-2/h13,15-16,18-20,40-41,46H,3-12,14,17,21-39H2,1-2H3,(H,45,47)(H,49,50)(H,51,52)/b15-13-,18-16-,20-19-. The first-order chi connectivity index (χ1) is 27.1. The van der Waals surface area contributed by atoms with Gasteiger partial charge in [0.15, 0.2) is 6.04 Å². The summed E-state index contributed by atoms with van der Waals surface area (Å²) in [6.45, 7) is 2.55. The number of carbonyl (C=O) groups is 3. The quantitative estimate of drug-likeness (QED) is 0.0202. The van der Waals surface area contributed by atoms with Gasteiger partial charge in [0.2, 0.25) is 5.91 Å². The molecule has 0 aliphatic rings. The van der Waals surface area contributed by atoms with Gasteiger partial charge in [-0.2, -0.15) is 0 Å². The van der Waals surface area contributed by atoms with Crippen LogP contribution in [0, 0.1) is 0 Å². The predicted molar refractivity (Wildman–Crippen MR) is 226 cm³/mol. The topological polar surface area (TPSA) is 169 Å². The third kappa shape index (κ3) is 38.6. The fourth-order valence-electron chi connectivity index (χ4n) is 5.93. The van der Waals surface area contributed by atoms with Gasteiger partial charge in [-0.15, -0.1) is 0 Å². The van der Waals surface area contributed by atoms with E-state index >= 15 is 0 Å². The Balaban J connectivity index is 3.93. The Hall–Kier alpha value is -2.30. The highest BCUT2D eigenvalue weighted by molar-refractivity contribution is 7.47. The van der Waals surface area contributed by atoms with Crippen molar-refractivity contribution in [2.45, 2.75) is 206 Å². The minimum atomic E-state index is -4.76. The van der Waals surface area contributed by atoms with Crippen LogP contribution in [0.4, 0.5) is 0 Å². The normalized spacial score (nSPS) is 14.1. The summed E-state index contributed by atoms with van der Waals surface area (Å²) in [5.74, 6) is -2.39. The van der Waals surface area contributed by atoms with Crippen LogP contribution in [0.25, 0.3) is 0 Å². The van der Waals surface area contributed by atoms with Crippen molar-refractivity contribution < 1.29 is 47.8 Å². The molecule has 0 aliphatic heterocycles. The number of aliphatic hydroxyl groups excluding tert-OH is 1. The molecule has 0 saturated carbocycles. The SMILES string of the molecule is CCCCCC/C=C\C/C=C\CCCCCCCCCC(=O)NC(COP(=O)(O)OCC(O)COC(=O)CCCCCCC/C=C\CCCCCCC)C(=O)O. The molecule has 4 N–H and O–H groups in total. The van der Waals surface area contributed by atoms with E-state index in [-0.39, 0.29) is 12.8 Å². The zero-order valence-corrected chi connectivity index (χ0v) is 36.1. The van der Waals surface area contributed by atoms with Crippen LogP contribution < -0.4 is 5.32 Å². The number of ether oxygens (including phenoxy) is 1. The Kier molecular flexibility index (Phi) is 37.9. The monoisotopic (exact) mass is 814 g/mol. The number of carboxylic acid groups (broad SMARTS) is 1. The van der Waals surface area contributed by atoms with Gasteiger partial charge in [-0.1, -0.05) is 147 Å². The van der Waals surface area contributed by atoms with E-state index in [9.17, 15) is 34.1 Å². The highest BCUT2D eigenvalue weighted by Gasteiger charge is 2.28. The Morgan fingerprint density at radius 3 is 1.48 bits per heavy atom. The predicted octanol–water partition coefficient (Wildman–Crippen LogP) is 11.2. The van der Waals surface area contributed by atoms with Crippen LogP contribution in [0.1, 0.15) is 194 Å². The molecular weight excluding hydrogens is 733 g/mol. The smallest absolute Gasteiger partial charge is 0.472 e. The van der Waals surface area contributed by atoms with Gasteiger partial charge in [-0.3, -0.25) is 18.6 Å². The number of phosphoric ester groups is 1. The molecule has 0 bridgehead atoms.